The van der Waals surface area contributed by atoms with Crippen molar-refractivity contribution in [3.05, 3.63) is 101 Å². The van der Waals surface area contributed by atoms with Crippen molar-refractivity contribution in [1.82, 2.24) is 0 Å². The molecule has 1 saturated carbocycles. The molecule has 3 aromatic carbocycles. The molecular weight excluding hydrogens is 533 g/mol. The van der Waals surface area contributed by atoms with Crippen LogP contribution in [0.2, 0.25) is 0 Å². The largest absolute Gasteiger partial charge is 0.465 e. The van der Waals surface area contributed by atoms with E-state index in [4.69, 9.17) is 4.74 Å². The minimum absolute atomic E-state index is 0.0302. The van der Waals surface area contributed by atoms with Gasteiger partial charge in [-0.25, -0.2) is 17.1 Å². The summed E-state index contributed by atoms with van der Waals surface area (Å²) in [5, 5.41) is 19.8. The molecule has 1 aliphatic heterocycles. The van der Waals surface area contributed by atoms with Crippen LogP contribution in [-0.2, 0) is 29.8 Å². The third-order valence-corrected chi connectivity index (χ3v) is 9.20. The zero-order valence-corrected chi connectivity index (χ0v) is 22.3. The van der Waals surface area contributed by atoms with Crippen molar-refractivity contribution in [2.75, 3.05) is 10.9 Å². The zero-order valence-electron chi connectivity index (χ0n) is 21.5. The quantitative estimate of drug-likeness (QED) is 0.322. The molecule has 1 amide bonds. The molecule has 0 saturated heterocycles. The zero-order chi connectivity index (χ0) is 28.9. The first-order valence-electron chi connectivity index (χ1n) is 12.3. The summed E-state index contributed by atoms with van der Waals surface area (Å²) in [5.74, 6) is -2.74. The molecule has 1 spiro atoms. The van der Waals surface area contributed by atoms with Gasteiger partial charge in [-0.3, -0.25) is 9.59 Å². The molecule has 2 atom stereocenters. The van der Waals surface area contributed by atoms with Crippen LogP contribution in [0.25, 0.3) is 5.57 Å². The van der Waals surface area contributed by atoms with E-state index in [1.165, 1.54) is 42.5 Å². The number of nitrogens with zero attached hydrogens (tertiary/aromatic N) is 3. The highest BCUT2D eigenvalue weighted by Crippen LogP contribution is 2.75. The van der Waals surface area contributed by atoms with Gasteiger partial charge >= 0.3 is 5.97 Å². The summed E-state index contributed by atoms with van der Waals surface area (Å²) in [4.78, 5) is 28.1. The van der Waals surface area contributed by atoms with Crippen molar-refractivity contribution in [3.8, 4) is 12.1 Å². The number of halogens is 1. The molecule has 10 heteroatoms. The number of ether oxygens (including phenoxy) is 1. The van der Waals surface area contributed by atoms with Crippen LogP contribution >= 0.6 is 0 Å². The lowest BCUT2D eigenvalue weighted by Crippen LogP contribution is -2.42. The van der Waals surface area contributed by atoms with Crippen LogP contribution in [0.15, 0.2) is 83.3 Å². The molecule has 0 aromatic heterocycles. The number of aryl methyl sites for hydroxylation is 1. The van der Waals surface area contributed by atoms with Crippen molar-refractivity contribution in [2.45, 2.75) is 30.6 Å². The van der Waals surface area contributed by atoms with E-state index in [2.05, 4.69) is 0 Å². The Morgan fingerprint density at radius 2 is 1.65 bits per heavy atom. The molecule has 0 N–H and O–H groups in total. The van der Waals surface area contributed by atoms with E-state index >= 15 is 4.39 Å². The number of benzene rings is 3. The number of anilines is 1. The molecule has 200 valence electrons. The molecule has 2 aliphatic rings. The third kappa shape index (κ3) is 3.50. The number of hydrogen-bond acceptors (Lipinski definition) is 7. The lowest BCUT2D eigenvalue weighted by molar-refractivity contribution is -0.149. The van der Waals surface area contributed by atoms with Crippen LogP contribution in [0.5, 0.6) is 0 Å². The number of fused-ring (bicyclic) bond motifs is 2. The number of hydrogen-bond donors (Lipinski definition) is 0. The number of carbonyl (C=O) groups is 2. The lowest BCUT2D eigenvalue weighted by atomic mass is 9.77. The van der Waals surface area contributed by atoms with Crippen LogP contribution in [0, 0.1) is 40.8 Å². The molecular formula is C30H22FN3O5S. The van der Waals surface area contributed by atoms with Gasteiger partial charge in [0.05, 0.1) is 22.6 Å². The Balaban J connectivity index is 1.82. The van der Waals surface area contributed by atoms with Gasteiger partial charge < -0.3 is 4.74 Å². The lowest BCUT2D eigenvalue weighted by Gasteiger charge is -2.25. The van der Waals surface area contributed by atoms with Crippen LogP contribution in [0.4, 0.5) is 10.1 Å². The van der Waals surface area contributed by atoms with Crippen LogP contribution in [0.1, 0.15) is 30.0 Å². The number of para-hydroxylation sites is 1. The first-order valence-corrected chi connectivity index (χ1v) is 13.8. The van der Waals surface area contributed by atoms with Gasteiger partial charge in [-0.15, -0.1) is 0 Å². The Hall–Kier alpha value is -4.80. The number of nitriles is 2. The molecule has 0 unspecified atom stereocenters. The fraction of sp³-hybridized carbons (Fsp3) is 0.200. The van der Waals surface area contributed by atoms with Gasteiger partial charge in [0.1, 0.15) is 28.9 Å². The summed E-state index contributed by atoms with van der Waals surface area (Å²) in [7, 11) is -4.46. The average Bonchev–Trinajstić information content (AvgIpc) is 3.57. The number of amides is 1. The van der Waals surface area contributed by atoms with Crippen molar-refractivity contribution in [2.24, 2.45) is 5.41 Å². The topological polar surface area (TPSA) is 128 Å². The highest BCUT2D eigenvalue weighted by atomic mass is 32.2. The van der Waals surface area contributed by atoms with E-state index in [9.17, 15) is 28.5 Å². The van der Waals surface area contributed by atoms with Crippen molar-refractivity contribution in [1.29, 1.82) is 10.5 Å². The molecule has 0 radical (unpaired) electrons. The molecule has 1 heterocycles. The minimum Gasteiger partial charge on any atom is -0.465 e. The maximum absolute atomic E-state index is 15.3. The Bertz CT molecular complexity index is 1790. The van der Waals surface area contributed by atoms with Gasteiger partial charge in [0.2, 0.25) is 0 Å². The molecule has 1 aliphatic carbocycles. The summed E-state index contributed by atoms with van der Waals surface area (Å²) >= 11 is 0. The average molecular weight is 556 g/mol. The molecule has 8 nitrogen and oxygen atoms in total. The van der Waals surface area contributed by atoms with E-state index in [-0.39, 0.29) is 40.3 Å². The maximum atomic E-state index is 15.3. The fourth-order valence-corrected chi connectivity index (χ4v) is 7.17. The molecule has 1 fully saturated rings. The molecule has 40 heavy (non-hydrogen) atoms. The van der Waals surface area contributed by atoms with Gasteiger partial charge in [0.15, 0.2) is 0 Å². The van der Waals surface area contributed by atoms with E-state index in [1.54, 1.807) is 50.3 Å². The Labute approximate surface area is 230 Å². The van der Waals surface area contributed by atoms with Crippen molar-refractivity contribution in [3.63, 3.8) is 0 Å². The number of allylic oxidation sites excluding steroid dienone is 1. The van der Waals surface area contributed by atoms with Crippen LogP contribution in [0.3, 0.4) is 0 Å². The second kappa shape index (κ2) is 9.44. The predicted octanol–water partition coefficient (Wildman–Crippen LogP) is 4.56. The Morgan fingerprint density at radius 1 is 1.02 bits per heavy atom. The van der Waals surface area contributed by atoms with E-state index in [1.807, 2.05) is 0 Å². The Kier molecular flexibility index (Phi) is 6.32. The fourth-order valence-electron chi connectivity index (χ4n) is 5.68. The normalized spacial score (nSPS) is 20.8. The monoisotopic (exact) mass is 555 g/mol. The second-order valence-corrected chi connectivity index (χ2v) is 11.4. The van der Waals surface area contributed by atoms with Crippen molar-refractivity contribution >= 4 is 33.2 Å². The van der Waals surface area contributed by atoms with Gasteiger partial charge in [0, 0.05) is 11.1 Å². The highest BCUT2D eigenvalue weighted by Gasteiger charge is 2.83. The smallest absolute Gasteiger partial charge is 0.318 e. The predicted molar refractivity (Wildman–Crippen MR) is 142 cm³/mol. The van der Waals surface area contributed by atoms with Crippen LogP contribution in [-0.4, -0.2) is 26.9 Å². The van der Waals surface area contributed by atoms with Gasteiger partial charge in [-0.05, 0) is 50.1 Å². The van der Waals surface area contributed by atoms with Crippen molar-refractivity contribution < 1.29 is 27.1 Å². The van der Waals surface area contributed by atoms with E-state index in [0.29, 0.717) is 4.31 Å². The minimum atomic E-state index is -4.46. The summed E-state index contributed by atoms with van der Waals surface area (Å²) in [6, 6.07) is 20.8. The number of carbonyl (C=O) groups excluding carboxylic acids is 2. The van der Waals surface area contributed by atoms with Gasteiger partial charge in [0.25, 0.3) is 15.9 Å². The third-order valence-electron chi connectivity index (χ3n) is 7.49. The first kappa shape index (κ1) is 26.8. The number of rotatable bonds is 6. The number of sulfonamides is 1. The summed E-state index contributed by atoms with van der Waals surface area (Å²) in [6.45, 7) is 3.22. The summed E-state index contributed by atoms with van der Waals surface area (Å²) < 4.78 is 49.1. The number of esters is 1. The Morgan fingerprint density at radius 3 is 2.27 bits per heavy atom. The van der Waals surface area contributed by atoms with E-state index in [0.717, 1.165) is 11.6 Å². The molecule has 0 bridgehead atoms. The summed E-state index contributed by atoms with van der Waals surface area (Å²) in [5.41, 5.74) is -3.99. The van der Waals surface area contributed by atoms with E-state index < -0.39 is 44.1 Å². The standard InChI is InChI=1S/C30H22FN3O5S/c1-3-39-28(36)30(26(20(16-32)17-33)22-8-4-6-10-24(22)31)18-29(30)23-9-5-7-11-25(23)34(27(29)35)40(37,38)21-14-12-19(2)13-15-21/h4-15H,3,18H2,1-2H3/t29-,30-/m0/s1. The summed E-state index contributed by atoms with van der Waals surface area (Å²) in [6.07, 6.45) is -0.328. The van der Waals surface area contributed by atoms with Gasteiger partial charge in [-0.1, -0.05) is 54.1 Å². The molecule has 3 aromatic rings. The van der Waals surface area contributed by atoms with Crippen LogP contribution < -0.4 is 4.31 Å². The SMILES string of the molecule is CCOC(=O)[C@@]1(C(=C(C#N)C#N)c2ccccc2F)C[C@]12C(=O)N(S(=O)(=O)c1ccc(C)cc1)c1ccccc12. The highest BCUT2D eigenvalue weighted by molar-refractivity contribution is 7.93. The molecule has 5 rings (SSSR count). The first-order chi connectivity index (χ1) is 19.1. The second-order valence-electron chi connectivity index (χ2n) is 9.57. The maximum Gasteiger partial charge on any atom is 0.318 e. The van der Waals surface area contributed by atoms with Gasteiger partial charge in [-0.2, -0.15) is 10.5 Å².